The molecule has 0 radical (unpaired) electrons. The molecule has 1 aliphatic heterocycles. The monoisotopic (exact) mass is 662 g/mol. The number of esters is 1. The van der Waals surface area contributed by atoms with Gasteiger partial charge in [-0.15, -0.1) is 13.2 Å². The number of hydrogen-bond donors (Lipinski definition) is 2. The molecule has 0 spiro atoms. The van der Waals surface area contributed by atoms with Gasteiger partial charge in [0.1, 0.15) is 11.8 Å². The summed E-state index contributed by atoms with van der Waals surface area (Å²) in [6.07, 6.45) is -3.10. The molecule has 1 atom stereocenters. The molecule has 0 aromatic heterocycles. The van der Waals surface area contributed by atoms with E-state index in [2.05, 4.69) is 22.3 Å². The number of sulfonamides is 1. The first kappa shape index (κ1) is 34.2. The van der Waals surface area contributed by atoms with Gasteiger partial charge in [-0.1, -0.05) is 49.7 Å². The second-order valence-corrected chi connectivity index (χ2v) is 12.2. The molecule has 15 heteroatoms. The van der Waals surface area contributed by atoms with E-state index in [1.54, 1.807) is 12.1 Å². The Balaban J connectivity index is 1.57. The van der Waals surface area contributed by atoms with Gasteiger partial charge in [0.05, 0.1) is 23.3 Å². The molecule has 0 bridgehead atoms. The largest absolute Gasteiger partial charge is 0.573 e. The fourth-order valence-corrected chi connectivity index (χ4v) is 6.46. The van der Waals surface area contributed by atoms with Crippen LogP contribution < -0.4 is 15.4 Å². The van der Waals surface area contributed by atoms with E-state index in [1.807, 2.05) is 24.3 Å². The van der Waals surface area contributed by atoms with Crippen molar-refractivity contribution in [2.24, 2.45) is 0 Å². The molecule has 11 nitrogen and oxygen atoms in total. The van der Waals surface area contributed by atoms with Gasteiger partial charge in [-0.2, -0.15) is 4.31 Å². The summed E-state index contributed by atoms with van der Waals surface area (Å²) in [5, 5.41) is 5.36. The van der Waals surface area contributed by atoms with Gasteiger partial charge in [-0.3, -0.25) is 4.79 Å². The van der Waals surface area contributed by atoms with E-state index in [-0.39, 0.29) is 42.3 Å². The van der Waals surface area contributed by atoms with E-state index in [4.69, 9.17) is 4.74 Å². The first-order valence-corrected chi connectivity index (χ1v) is 15.7. The molecular weight excluding hydrogens is 629 g/mol. The van der Waals surface area contributed by atoms with Crippen LogP contribution in [-0.2, 0) is 32.5 Å². The Bertz CT molecular complexity index is 1650. The number of carbonyl (C=O) groups is 3. The summed E-state index contributed by atoms with van der Waals surface area (Å²) in [7, 11) is -3.23. The van der Waals surface area contributed by atoms with Crippen LogP contribution in [0.15, 0.2) is 77.7 Å². The van der Waals surface area contributed by atoms with Gasteiger partial charge in [0.15, 0.2) is 0 Å². The zero-order valence-corrected chi connectivity index (χ0v) is 25.9. The number of halogens is 3. The van der Waals surface area contributed by atoms with Crippen molar-refractivity contribution >= 4 is 33.6 Å². The lowest BCUT2D eigenvalue weighted by atomic mass is 10.1. The minimum Gasteiger partial charge on any atom is -0.465 e. The fourth-order valence-electron chi connectivity index (χ4n) is 4.89. The van der Waals surface area contributed by atoms with Crippen LogP contribution >= 0.6 is 0 Å². The number of benzene rings is 3. The summed E-state index contributed by atoms with van der Waals surface area (Å²) >= 11 is 0. The molecule has 1 saturated heterocycles. The predicted molar refractivity (Wildman–Crippen MR) is 161 cm³/mol. The van der Waals surface area contributed by atoms with Gasteiger partial charge < -0.3 is 25.0 Å². The van der Waals surface area contributed by atoms with Crippen LogP contribution in [0.4, 0.5) is 23.7 Å². The van der Waals surface area contributed by atoms with Gasteiger partial charge in [0.2, 0.25) is 15.9 Å². The Kier molecular flexibility index (Phi) is 10.9. The maximum absolute atomic E-state index is 13.7. The number of methoxy groups -OCH3 is 1. The second kappa shape index (κ2) is 14.6. The molecule has 1 fully saturated rings. The molecule has 3 aromatic rings. The number of para-hydroxylation sites is 1. The van der Waals surface area contributed by atoms with Crippen LogP contribution in [0, 0.1) is 0 Å². The molecular formula is C31H33F3N4O7S. The van der Waals surface area contributed by atoms with Crippen molar-refractivity contribution in [3.8, 4) is 5.75 Å². The van der Waals surface area contributed by atoms with Gasteiger partial charge in [-0.05, 0) is 53.9 Å². The van der Waals surface area contributed by atoms with Crippen LogP contribution in [0.25, 0.3) is 0 Å². The number of rotatable bonds is 10. The Morgan fingerprint density at radius 3 is 2.22 bits per heavy atom. The van der Waals surface area contributed by atoms with E-state index in [0.29, 0.717) is 0 Å². The summed E-state index contributed by atoms with van der Waals surface area (Å²) in [4.78, 5) is 39.9. The average Bonchev–Trinajstić information content (AvgIpc) is 3.03. The first-order valence-electron chi connectivity index (χ1n) is 14.3. The summed E-state index contributed by atoms with van der Waals surface area (Å²) in [5.41, 5.74) is 2.15. The fraction of sp³-hybridized carbons (Fsp3) is 0.323. The molecule has 4 rings (SSSR count). The zero-order valence-electron chi connectivity index (χ0n) is 25.0. The molecule has 46 heavy (non-hydrogen) atoms. The lowest BCUT2D eigenvalue weighted by molar-refractivity contribution is -0.274. The van der Waals surface area contributed by atoms with Crippen molar-refractivity contribution in [1.29, 1.82) is 0 Å². The molecule has 3 aromatic carbocycles. The molecule has 1 unspecified atom stereocenters. The topological polar surface area (TPSA) is 134 Å². The number of amides is 3. The van der Waals surface area contributed by atoms with Crippen molar-refractivity contribution in [1.82, 2.24) is 14.5 Å². The highest BCUT2D eigenvalue weighted by Gasteiger charge is 2.41. The number of hydrogen-bond acceptors (Lipinski definition) is 7. The molecule has 2 N–H and O–H groups in total. The number of nitrogens with one attached hydrogen (secondary N) is 2. The van der Waals surface area contributed by atoms with Gasteiger partial charge in [0, 0.05) is 26.2 Å². The number of aryl methyl sites for hydroxylation is 1. The highest BCUT2D eigenvalue weighted by molar-refractivity contribution is 7.89. The van der Waals surface area contributed by atoms with Gasteiger partial charge >= 0.3 is 18.4 Å². The van der Waals surface area contributed by atoms with Crippen LogP contribution in [0.2, 0.25) is 0 Å². The Hall–Kier alpha value is -4.63. The van der Waals surface area contributed by atoms with Crippen LogP contribution in [0.1, 0.15) is 34.8 Å². The molecule has 1 aliphatic rings. The van der Waals surface area contributed by atoms with Crippen LogP contribution in [-0.4, -0.2) is 74.7 Å². The predicted octanol–water partition coefficient (Wildman–Crippen LogP) is 4.55. The Morgan fingerprint density at radius 2 is 1.59 bits per heavy atom. The quantitative estimate of drug-likeness (QED) is 0.305. The van der Waals surface area contributed by atoms with E-state index >= 15 is 0 Å². The summed E-state index contributed by atoms with van der Waals surface area (Å²) < 4.78 is 74.8. The van der Waals surface area contributed by atoms with Crippen LogP contribution in [0.5, 0.6) is 5.75 Å². The molecule has 246 valence electrons. The van der Waals surface area contributed by atoms with Crippen molar-refractivity contribution in [2.75, 3.05) is 32.1 Å². The first-order chi connectivity index (χ1) is 21.8. The number of ether oxygens (including phenoxy) is 2. The lowest BCUT2D eigenvalue weighted by Crippen LogP contribution is -2.61. The SMILES string of the molecule is CCCc1ccc(CNC(=O)C2CN(C(=O)Nc3ccccc3C(=O)OC)CCN2S(=O)(=O)c2ccc(OC(F)(F)F)cc2)cc1. The Labute approximate surface area is 264 Å². The molecule has 0 aliphatic carbocycles. The van der Waals surface area contributed by atoms with Gasteiger partial charge in [0.25, 0.3) is 0 Å². The average molecular weight is 663 g/mol. The minimum absolute atomic E-state index is 0.0812. The number of nitrogens with zero attached hydrogens (tertiary/aromatic N) is 2. The molecule has 0 saturated carbocycles. The Morgan fingerprint density at radius 1 is 0.935 bits per heavy atom. The molecule has 1 heterocycles. The number of anilines is 1. The van der Waals surface area contributed by atoms with Crippen molar-refractivity contribution in [3.05, 3.63) is 89.5 Å². The second-order valence-electron chi connectivity index (χ2n) is 10.3. The summed E-state index contributed by atoms with van der Waals surface area (Å²) in [6, 6.07) is 15.3. The molecule has 3 amide bonds. The third kappa shape index (κ3) is 8.54. The maximum Gasteiger partial charge on any atom is 0.573 e. The summed E-state index contributed by atoms with van der Waals surface area (Å²) in [6.45, 7) is 1.34. The maximum atomic E-state index is 13.7. The van der Waals surface area contributed by atoms with Gasteiger partial charge in [-0.25, -0.2) is 18.0 Å². The number of piperazine rings is 1. The van der Waals surface area contributed by atoms with E-state index < -0.39 is 46.1 Å². The summed E-state index contributed by atoms with van der Waals surface area (Å²) in [5.74, 6) is -1.98. The van der Waals surface area contributed by atoms with Crippen molar-refractivity contribution in [3.63, 3.8) is 0 Å². The third-order valence-corrected chi connectivity index (χ3v) is 9.11. The number of urea groups is 1. The van der Waals surface area contributed by atoms with E-state index in [1.165, 1.54) is 24.1 Å². The van der Waals surface area contributed by atoms with Crippen LogP contribution in [0.3, 0.4) is 0 Å². The minimum atomic E-state index is -4.96. The standard InChI is InChI=1S/C31H33F3N4O7S/c1-3-6-21-9-11-22(12-10-21)19-35-28(39)27-20-37(30(41)36-26-8-5-4-7-25(26)29(40)44-2)17-18-38(27)46(42,43)24-15-13-23(14-16-24)45-31(32,33)34/h4-5,7-16,27H,3,6,17-20H2,1-2H3,(H,35,39)(H,36,41). The van der Waals surface area contributed by atoms with E-state index in [0.717, 1.165) is 52.5 Å². The highest BCUT2D eigenvalue weighted by Crippen LogP contribution is 2.27. The number of alkyl halides is 3. The van der Waals surface area contributed by atoms with Crippen molar-refractivity contribution < 1.29 is 45.4 Å². The zero-order chi connectivity index (χ0) is 33.5. The van der Waals surface area contributed by atoms with E-state index in [9.17, 15) is 36.0 Å². The third-order valence-electron chi connectivity index (χ3n) is 7.19. The smallest absolute Gasteiger partial charge is 0.465 e. The lowest BCUT2D eigenvalue weighted by Gasteiger charge is -2.39. The highest BCUT2D eigenvalue weighted by atomic mass is 32.2. The van der Waals surface area contributed by atoms with Crippen molar-refractivity contribution in [2.45, 2.75) is 43.6 Å². The number of carbonyl (C=O) groups excluding carboxylic acids is 3. The normalized spacial score (nSPS) is 15.6.